The number of hydrogen-bond acceptors (Lipinski definition) is 1. The molecule has 1 N–H and O–H groups in total. The number of benzene rings is 1. The summed E-state index contributed by atoms with van der Waals surface area (Å²) in [6, 6.07) is 8.37. The smallest absolute Gasteiger partial charge is 0.0639 e. The fourth-order valence-corrected chi connectivity index (χ4v) is 1.67. The van der Waals surface area contributed by atoms with E-state index in [1.54, 1.807) is 0 Å². The molecule has 0 spiro atoms. The Morgan fingerprint density at radius 3 is 2.64 bits per heavy atom. The highest BCUT2D eigenvalue weighted by Gasteiger charge is 2.04. The van der Waals surface area contributed by atoms with Gasteiger partial charge in [0.05, 0.1) is 6.61 Å². The van der Waals surface area contributed by atoms with Crippen LogP contribution in [0.1, 0.15) is 30.9 Å². The first-order valence-corrected chi connectivity index (χ1v) is 4.99. The molecule has 0 saturated heterocycles. The van der Waals surface area contributed by atoms with Crippen LogP contribution in [0.15, 0.2) is 35.9 Å². The predicted molar refractivity (Wildman–Crippen MR) is 60.4 cm³/mol. The summed E-state index contributed by atoms with van der Waals surface area (Å²) in [5.74, 6) is 0.378. The molecule has 1 rings (SSSR count). The van der Waals surface area contributed by atoms with E-state index < -0.39 is 0 Å². The summed E-state index contributed by atoms with van der Waals surface area (Å²) in [4.78, 5) is 0. The quantitative estimate of drug-likeness (QED) is 0.726. The molecule has 1 nitrogen and oxygen atoms in total. The molecule has 0 bridgehead atoms. The molecule has 0 aliphatic carbocycles. The van der Waals surface area contributed by atoms with E-state index in [2.05, 4.69) is 38.1 Å². The third kappa shape index (κ3) is 2.71. The second kappa shape index (κ2) is 4.97. The van der Waals surface area contributed by atoms with Crippen molar-refractivity contribution in [1.82, 2.24) is 0 Å². The minimum atomic E-state index is 0.149. The third-order valence-corrected chi connectivity index (χ3v) is 2.46. The Morgan fingerprint density at radius 2 is 2.07 bits per heavy atom. The lowest BCUT2D eigenvalue weighted by Crippen LogP contribution is -1.95. The first-order chi connectivity index (χ1) is 6.65. The molecule has 14 heavy (non-hydrogen) atoms. The second-order valence-electron chi connectivity index (χ2n) is 3.82. The zero-order chi connectivity index (χ0) is 10.6. The Balaban J connectivity index is 2.90. The highest BCUT2D eigenvalue weighted by atomic mass is 16.3. The van der Waals surface area contributed by atoms with Crippen molar-refractivity contribution in [3.8, 4) is 0 Å². The standard InChI is InChI=1S/C13H18O/c1-10(9-14)8-12(3)13-7-5-4-6-11(13)2/h4-8,12,14H,9H2,1-3H3/b10-8+. The van der Waals surface area contributed by atoms with E-state index in [4.69, 9.17) is 5.11 Å². The van der Waals surface area contributed by atoms with Crippen molar-refractivity contribution in [2.24, 2.45) is 0 Å². The summed E-state index contributed by atoms with van der Waals surface area (Å²) >= 11 is 0. The lowest BCUT2D eigenvalue weighted by Gasteiger charge is -2.11. The number of hydrogen-bond donors (Lipinski definition) is 1. The van der Waals surface area contributed by atoms with Gasteiger partial charge in [0.25, 0.3) is 0 Å². The van der Waals surface area contributed by atoms with Crippen LogP contribution in [0.25, 0.3) is 0 Å². The highest BCUT2D eigenvalue weighted by Crippen LogP contribution is 2.21. The molecule has 76 valence electrons. The zero-order valence-corrected chi connectivity index (χ0v) is 9.12. The molecule has 0 heterocycles. The van der Waals surface area contributed by atoms with Crippen LogP contribution in [-0.2, 0) is 0 Å². The summed E-state index contributed by atoms with van der Waals surface area (Å²) in [6.07, 6.45) is 2.11. The van der Waals surface area contributed by atoms with E-state index in [0.29, 0.717) is 5.92 Å². The maximum absolute atomic E-state index is 8.93. The van der Waals surface area contributed by atoms with Gasteiger partial charge in [-0.25, -0.2) is 0 Å². The van der Waals surface area contributed by atoms with E-state index in [1.807, 2.05) is 13.0 Å². The summed E-state index contributed by atoms with van der Waals surface area (Å²) in [5, 5.41) is 8.93. The maximum Gasteiger partial charge on any atom is 0.0639 e. The average Bonchev–Trinajstić information content (AvgIpc) is 2.18. The molecule has 0 aliphatic rings. The van der Waals surface area contributed by atoms with E-state index >= 15 is 0 Å². The average molecular weight is 190 g/mol. The number of allylic oxidation sites excluding steroid dienone is 1. The summed E-state index contributed by atoms with van der Waals surface area (Å²) < 4.78 is 0. The SMILES string of the molecule is C/C(=C\C(C)c1ccccc1C)CO. The van der Waals surface area contributed by atoms with Crippen LogP contribution in [0.5, 0.6) is 0 Å². The molecule has 0 aromatic heterocycles. The molecule has 1 unspecified atom stereocenters. The van der Waals surface area contributed by atoms with Crippen molar-refractivity contribution in [3.05, 3.63) is 47.0 Å². The zero-order valence-electron chi connectivity index (χ0n) is 9.12. The van der Waals surface area contributed by atoms with Gasteiger partial charge >= 0.3 is 0 Å². The minimum absolute atomic E-state index is 0.149. The number of aliphatic hydroxyl groups is 1. The second-order valence-corrected chi connectivity index (χ2v) is 3.82. The van der Waals surface area contributed by atoms with Crippen LogP contribution in [0.2, 0.25) is 0 Å². The topological polar surface area (TPSA) is 20.2 Å². The van der Waals surface area contributed by atoms with E-state index in [9.17, 15) is 0 Å². The van der Waals surface area contributed by atoms with Gasteiger partial charge in [0.1, 0.15) is 0 Å². The molecule has 1 atom stereocenters. The van der Waals surface area contributed by atoms with Crippen LogP contribution >= 0.6 is 0 Å². The van der Waals surface area contributed by atoms with Gasteiger partial charge in [-0.2, -0.15) is 0 Å². The van der Waals surface area contributed by atoms with Gasteiger partial charge in [-0.1, -0.05) is 42.8 Å². The van der Waals surface area contributed by atoms with Crippen molar-refractivity contribution in [2.45, 2.75) is 26.7 Å². The molecule has 1 aromatic rings. The van der Waals surface area contributed by atoms with E-state index in [0.717, 1.165) is 5.57 Å². The Hall–Kier alpha value is -1.08. The third-order valence-electron chi connectivity index (χ3n) is 2.46. The number of aryl methyl sites for hydroxylation is 1. The van der Waals surface area contributed by atoms with Crippen LogP contribution in [-0.4, -0.2) is 11.7 Å². The molecule has 0 radical (unpaired) electrons. The normalized spacial score (nSPS) is 14.1. The fraction of sp³-hybridized carbons (Fsp3) is 0.385. The molecule has 0 aliphatic heterocycles. The van der Waals surface area contributed by atoms with Gasteiger partial charge in [0.15, 0.2) is 0 Å². The monoisotopic (exact) mass is 190 g/mol. The molecule has 0 amide bonds. The molecular weight excluding hydrogens is 172 g/mol. The van der Waals surface area contributed by atoms with Crippen molar-refractivity contribution in [3.63, 3.8) is 0 Å². The van der Waals surface area contributed by atoms with Crippen molar-refractivity contribution < 1.29 is 5.11 Å². The fourth-order valence-electron chi connectivity index (χ4n) is 1.67. The summed E-state index contributed by atoms with van der Waals surface area (Å²) in [6.45, 7) is 6.38. The van der Waals surface area contributed by atoms with Gasteiger partial charge in [-0.05, 0) is 30.9 Å². The van der Waals surface area contributed by atoms with Gasteiger partial charge in [-0.3, -0.25) is 0 Å². The van der Waals surface area contributed by atoms with Crippen LogP contribution < -0.4 is 0 Å². The lowest BCUT2D eigenvalue weighted by atomic mass is 9.95. The lowest BCUT2D eigenvalue weighted by molar-refractivity contribution is 0.330. The maximum atomic E-state index is 8.93. The summed E-state index contributed by atoms with van der Waals surface area (Å²) in [5.41, 5.74) is 3.67. The summed E-state index contributed by atoms with van der Waals surface area (Å²) in [7, 11) is 0. The number of rotatable bonds is 3. The van der Waals surface area contributed by atoms with Crippen LogP contribution in [0.3, 0.4) is 0 Å². The molecule has 0 fully saturated rings. The minimum Gasteiger partial charge on any atom is -0.392 e. The largest absolute Gasteiger partial charge is 0.392 e. The number of aliphatic hydroxyl groups excluding tert-OH is 1. The van der Waals surface area contributed by atoms with E-state index in [1.165, 1.54) is 11.1 Å². The molecule has 1 aromatic carbocycles. The molecular formula is C13H18O. The Bertz CT molecular complexity index is 326. The van der Waals surface area contributed by atoms with Gasteiger partial charge < -0.3 is 5.11 Å². The predicted octanol–water partition coefficient (Wildman–Crippen LogP) is 3.04. The Morgan fingerprint density at radius 1 is 1.43 bits per heavy atom. The molecule has 0 saturated carbocycles. The Kier molecular flexibility index (Phi) is 3.90. The molecule has 1 heteroatoms. The first-order valence-electron chi connectivity index (χ1n) is 4.99. The van der Waals surface area contributed by atoms with Gasteiger partial charge in [0, 0.05) is 0 Å². The van der Waals surface area contributed by atoms with Gasteiger partial charge in [-0.15, -0.1) is 0 Å². The Labute approximate surface area is 86.1 Å². The first kappa shape index (κ1) is 11.0. The van der Waals surface area contributed by atoms with Gasteiger partial charge in [0.2, 0.25) is 0 Å². The highest BCUT2D eigenvalue weighted by molar-refractivity contribution is 5.32. The van der Waals surface area contributed by atoms with Crippen LogP contribution in [0, 0.1) is 6.92 Å². The van der Waals surface area contributed by atoms with Crippen molar-refractivity contribution >= 4 is 0 Å². The van der Waals surface area contributed by atoms with Crippen molar-refractivity contribution in [1.29, 1.82) is 0 Å². The van der Waals surface area contributed by atoms with E-state index in [-0.39, 0.29) is 6.61 Å². The van der Waals surface area contributed by atoms with Crippen molar-refractivity contribution in [2.75, 3.05) is 6.61 Å². The van der Waals surface area contributed by atoms with Crippen LogP contribution in [0.4, 0.5) is 0 Å².